The van der Waals surface area contributed by atoms with E-state index in [9.17, 15) is 4.79 Å². The Bertz CT molecular complexity index is 689. The SMILES string of the molecule is COc1ccc2c(c1)C(Br)/C(=C\c1ccccc1)C2=O. The minimum atomic E-state index is -0.0830. The summed E-state index contributed by atoms with van der Waals surface area (Å²) in [6.45, 7) is 0. The van der Waals surface area contributed by atoms with Crippen molar-refractivity contribution in [1.29, 1.82) is 0 Å². The summed E-state index contributed by atoms with van der Waals surface area (Å²) in [6.07, 6.45) is 1.94. The Labute approximate surface area is 126 Å². The molecule has 0 fully saturated rings. The lowest BCUT2D eigenvalue weighted by molar-refractivity contribution is 0.104. The number of halogens is 1. The van der Waals surface area contributed by atoms with Gasteiger partial charge >= 0.3 is 0 Å². The number of fused-ring (bicyclic) bond motifs is 1. The first-order valence-electron chi connectivity index (χ1n) is 6.34. The maximum Gasteiger partial charge on any atom is 0.190 e. The van der Waals surface area contributed by atoms with Gasteiger partial charge in [-0.25, -0.2) is 0 Å². The minimum absolute atomic E-state index is 0.0772. The lowest BCUT2D eigenvalue weighted by Crippen LogP contribution is -1.96. The first-order chi connectivity index (χ1) is 9.70. The molecule has 1 aliphatic rings. The van der Waals surface area contributed by atoms with Crippen LogP contribution in [0.15, 0.2) is 54.1 Å². The predicted octanol–water partition coefficient (Wildman–Crippen LogP) is 4.41. The first kappa shape index (κ1) is 13.1. The number of hydrogen-bond donors (Lipinski definition) is 0. The van der Waals surface area contributed by atoms with Crippen LogP contribution in [0.3, 0.4) is 0 Å². The van der Waals surface area contributed by atoms with Crippen LogP contribution in [-0.4, -0.2) is 12.9 Å². The third kappa shape index (κ3) is 2.18. The highest BCUT2D eigenvalue weighted by molar-refractivity contribution is 9.09. The average Bonchev–Trinajstić information content (AvgIpc) is 2.73. The Kier molecular flexibility index (Phi) is 3.45. The first-order valence-corrected chi connectivity index (χ1v) is 7.25. The summed E-state index contributed by atoms with van der Waals surface area (Å²) in [5.41, 5.74) is 3.51. The summed E-state index contributed by atoms with van der Waals surface area (Å²) in [5, 5.41) is 0. The number of ketones is 1. The fraction of sp³-hybridized carbons (Fsp3) is 0.118. The molecule has 3 rings (SSSR count). The number of alkyl halides is 1. The monoisotopic (exact) mass is 328 g/mol. The summed E-state index contributed by atoms with van der Waals surface area (Å²) in [4.78, 5) is 12.4. The molecular weight excluding hydrogens is 316 g/mol. The topological polar surface area (TPSA) is 26.3 Å². The summed E-state index contributed by atoms with van der Waals surface area (Å²) < 4.78 is 5.22. The van der Waals surface area contributed by atoms with Gasteiger partial charge in [0.2, 0.25) is 0 Å². The fourth-order valence-corrected chi connectivity index (χ4v) is 3.11. The van der Waals surface area contributed by atoms with Gasteiger partial charge in [-0.2, -0.15) is 0 Å². The molecule has 0 heterocycles. The molecule has 100 valence electrons. The van der Waals surface area contributed by atoms with Crippen LogP contribution in [0, 0.1) is 0 Å². The molecule has 0 N–H and O–H groups in total. The molecule has 20 heavy (non-hydrogen) atoms. The van der Waals surface area contributed by atoms with E-state index in [0.717, 1.165) is 28.0 Å². The number of hydrogen-bond acceptors (Lipinski definition) is 2. The van der Waals surface area contributed by atoms with Gasteiger partial charge < -0.3 is 4.74 Å². The van der Waals surface area contributed by atoms with Gasteiger partial charge in [0.15, 0.2) is 5.78 Å². The van der Waals surface area contributed by atoms with Crippen molar-refractivity contribution in [3.05, 3.63) is 70.8 Å². The van der Waals surface area contributed by atoms with E-state index in [2.05, 4.69) is 15.9 Å². The molecule has 0 aliphatic heterocycles. The summed E-state index contributed by atoms with van der Waals surface area (Å²) in [5.74, 6) is 0.843. The second-order valence-corrected chi connectivity index (χ2v) is 5.57. The minimum Gasteiger partial charge on any atom is -0.497 e. The maximum atomic E-state index is 12.5. The number of Topliss-reactive ketones (excluding diaryl/α,β-unsaturated/α-hetero) is 1. The van der Waals surface area contributed by atoms with Gasteiger partial charge in [0.25, 0.3) is 0 Å². The normalized spacial score (nSPS) is 19.2. The molecule has 1 aliphatic carbocycles. The molecule has 0 spiro atoms. The van der Waals surface area contributed by atoms with E-state index in [-0.39, 0.29) is 10.6 Å². The number of carbonyl (C=O) groups is 1. The second kappa shape index (κ2) is 5.25. The molecule has 2 nitrogen and oxygen atoms in total. The molecule has 1 unspecified atom stereocenters. The van der Waals surface area contributed by atoms with Crippen LogP contribution < -0.4 is 4.74 Å². The lowest BCUT2D eigenvalue weighted by Gasteiger charge is -2.05. The molecule has 0 amide bonds. The van der Waals surface area contributed by atoms with Crippen molar-refractivity contribution >= 4 is 27.8 Å². The number of ether oxygens (including phenoxy) is 1. The average molecular weight is 329 g/mol. The molecule has 0 bridgehead atoms. The highest BCUT2D eigenvalue weighted by atomic mass is 79.9. The van der Waals surface area contributed by atoms with Gasteiger partial charge in [-0.3, -0.25) is 4.79 Å². The van der Waals surface area contributed by atoms with Crippen molar-refractivity contribution in [2.75, 3.05) is 7.11 Å². The van der Waals surface area contributed by atoms with E-state index in [4.69, 9.17) is 4.74 Å². The Hall–Kier alpha value is -1.87. The van der Waals surface area contributed by atoms with Gasteiger partial charge in [0, 0.05) is 11.1 Å². The number of rotatable bonds is 2. The van der Waals surface area contributed by atoms with Crippen LogP contribution in [0.2, 0.25) is 0 Å². The van der Waals surface area contributed by atoms with Crippen molar-refractivity contribution in [3.8, 4) is 5.75 Å². The molecule has 0 aromatic heterocycles. The number of methoxy groups -OCH3 is 1. The smallest absolute Gasteiger partial charge is 0.190 e. The summed E-state index contributed by atoms with van der Waals surface area (Å²) in [6, 6.07) is 15.4. The van der Waals surface area contributed by atoms with Gasteiger partial charge in [-0.15, -0.1) is 0 Å². The fourth-order valence-electron chi connectivity index (χ4n) is 2.39. The highest BCUT2D eigenvalue weighted by Gasteiger charge is 2.33. The third-order valence-electron chi connectivity index (χ3n) is 3.43. The predicted molar refractivity (Wildman–Crippen MR) is 83.4 cm³/mol. The van der Waals surface area contributed by atoms with Crippen LogP contribution in [-0.2, 0) is 0 Å². The second-order valence-electron chi connectivity index (χ2n) is 4.66. The largest absolute Gasteiger partial charge is 0.497 e. The molecular formula is C17H13BrO2. The molecule has 2 aromatic rings. The van der Waals surface area contributed by atoms with E-state index >= 15 is 0 Å². The van der Waals surface area contributed by atoms with Crippen molar-refractivity contribution in [1.82, 2.24) is 0 Å². The summed E-state index contributed by atoms with van der Waals surface area (Å²) >= 11 is 3.62. The lowest BCUT2D eigenvalue weighted by atomic mass is 10.1. The van der Waals surface area contributed by atoms with E-state index in [1.165, 1.54) is 0 Å². The van der Waals surface area contributed by atoms with Gasteiger partial charge in [0.1, 0.15) is 5.75 Å². The van der Waals surface area contributed by atoms with Gasteiger partial charge in [-0.05, 0) is 35.4 Å². The molecule has 3 heteroatoms. The van der Waals surface area contributed by atoms with E-state index in [0.29, 0.717) is 0 Å². The van der Waals surface area contributed by atoms with Crippen LogP contribution in [0.1, 0.15) is 26.3 Å². The number of carbonyl (C=O) groups excluding carboxylic acids is 1. The van der Waals surface area contributed by atoms with Crippen molar-refractivity contribution < 1.29 is 9.53 Å². The molecule has 2 aromatic carbocycles. The Morgan fingerprint density at radius 3 is 2.60 bits per heavy atom. The third-order valence-corrected chi connectivity index (χ3v) is 4.42. The van der Waals surface area contributed by atoms with Crippen LogP contribution in [0.25, 0.3) is 6.08 Å². The van der Waals surface area contributed by atoms with Crippen LogP contribution in [0.4, 0.5) is 0 Å². The molecule has 1 atom stereocenters. The Balaban J connectivity index is 2.05. The maximum absolute atomic E-state index is 12.5. The van der Waals surface area contributed by atoms with E-state index in [1.54, 1.807) is 7.11 Å². The van der Waals surface area contributed by atoms with Crippen molar-refractivity contribution in [2.24, 2.45) is 0 Å². The Morgan fingerprint density at radius 2 is 1.90 bits per heavy atom. The quantitative estimate of drug-likeness (QED) is 0.602. The zero-order chi connectivity index (χ0) is 14.1. The highest BCUT2D eigenvalue weighted by Crippen LogP contribution is 2.43. The van der Waals surface area contributed by atoms with E-state index < -0.39 is 0 Å². The zero-order valence-electron chi connectivity index (χ0n) is 11.0. The Morgan fingerprint density at radius 1 is 1.15 bits per heavy atom. The van der Waals surface area contributed by atoms with Crippen LogP contribution in [0.5, 0.6) is 5.75 Å². The molecule has 0 radical (unpaired) electrons. The van der Waals surface area contributed by atoms with E-state index in [1.807, 2.05) is 54.6 Å². The summed E-state index contributed by atoms with van der Waals surface area (Å²) in [7, 11) is 1.63. The van der Waals surface area contributed by atoms with Gasteiger partial charge in [-0.1, -0.05) is 46.3 Å². The van der Waals surface area contributed by atoms with Crippen molar-refractivity contribution in [3.63, 3.8) is 0 Å². The molecule has 0 saturated carbocycles. The van der Waals surface area contributed by atoms with Crippen LogP contribution >= 0.6 is 15.9 Å². The zero-order valence-corrected chi connectivity index (χ0v) is 12.6. The standard InChI is InChI=1S/C17H13BrO2/c1-20-12-7-8-13-14(10-12)16(18)15(17(13)19)9-11-5-3-2-4-6-11/h2-10,16H,1H3/b15-9+. The number of benzene rings is 2. The van der Waals surface area contributed by atoms with Gasteiger partial charge in [0.05, 0.1) is 11.9 Å². The number of allylic oxidation sites excluding steroid dienone is 1. The molecule has 0 saturated heterocycles. The van der Waals surface area contributed by atoms with Crippen molar-refractivity contribution in [2.45, 2.75) is 4.83 Å².